The molecule has 4 nitrogen and oxygen atoms in total. The lowest BCUT2D eigenvalue weighted by Crippen LogP contribution is -2.48. The van der Waals surface area contributed by atoms with E-state index in [1.807, 2.05) is 13.0 Å². The zero-order valence-electron chi connectivity index (χ0n) is 12.9. The highest BCUT2D eigenvalue weighted by Crippen LogP contribution is 2.30. The summed E-state index contributed by atoms with van der Waals surface area (Å²) in [6, 6.07) is 5.62. The summed E-state index contributed by atoms with van der Waals surface area (Å²) in [6.45, 7) is 5.22. The van der Waals surface area contributed by atoms with Gasteiger partial charge in [-0.15, -0.1) is 12.4 Å². The zero-order valence-corrected chi connectivity index (χ0v) is 13.7. The lowest BCUT2D eigenvalue weighted by Gasteiger charge is -2.31. The Hall–Kier alpha value is -1.11. The van der Waals surface area contributed by atoms with Crippen molar-refractivity contribution in [3.05, 3.63) is 23.8 Å². The van der Waals surface area contributed by atoms with Crippen molar-refractivity contribution in [2.75, 3.05) is 26.2 Å². The maximum absolute atomic E-state index is 12.4. The summed E-state index contributed by atoms with van der Waals surface area (Å²) in [5.74, 6) is 0.461. The SMILES string of the molecule is CCOc1cc(CN2CCN[C@H](C)C2)ccc1OC(F)F.Cl. The molecule has 1 N–H and O–H groups in total. The van der Waals surface area contributed by atoms with Gasteiger partial charge in [-0.3, -0.25) is 4.90 Å². The van der Waals surface area contributed by atoms with E-state index in [4.69, 9.17) is 4.74 Å². The molecule has 1 aliphatic rings. The Balaban J connectivity index is 0.00000242. The lowest BCUT2D eigenvalue weighted by molar-refractivity contribution is -0.0514. The van der Waals surface area contributed by atoms with Crippen LogP contribution in [-0.2, 0) is 6.54 Å². The van der Waals surface area contributed by atoms with Crippen LogP contribution >= 0.6 is 12.4 Å². The van der Waals surface area contributed by atoms with Crippen LogP contribution in [0.1, 0.15) is 19.4 Å². The van der Waals surface area contributed by atoms with Gasteiger partial charge in [0.25, 0.3) is 0 Å². The van der Waals surface area contributed by atoms with E-state index in [1.165, 1.54) is 0 Å². The Bertz CT molecular complexity index is 463. The number of alkyl halides is 2. The van der Waals surface area contributed by atoms with Crippen LogP contribution in [-0.4, -0.2) is 43.8 Å². The fraction of sp³-hybridized carbons (Fsp3) is 0.600. The lowest BCUT2D eigenvalue weighted by atomic mass is 10.1. The van der Waals surface area contributed by atoms with Gasteiger partial charge in [0.05, 0.1) is 6.61 Å². The summed E-state index contributed by atoms with van der Waals surface area (Å²) < 4.78 is 34.6. The number of benzene rings is 1. The van der Waals surface area contributed by atoms with Crippen molar-refractivity contribution in [1.29, 1.82) is 0 Å². The van der Waals surface area contributed by atoms with Gasteiger partial charge >= 0.3 is 6.61 Å². The first-order chi connectivity index (χ1) is 10.1. The Kier molecular flexibility index (Phi) is 7.85. The van der Waals surface area contributed by atoms with E-state index < -0.39 is 6.61 Å². The third kappa shape index (κ3) is 5.59. The maximum atomic E-state index is 12.4. The van der Waals surface area contributed by atoms with Gasteiger partial charge in [-0.2, -0.15) is 8.78 Å². The number of halogens is 3. The number of piperazine rings is 1. The molecule has 126 valence electrons. The number of nitrogens with zero attached hydrogens (tertiary/aromatic N) is 1. The summed E-state index contributed by atoms with van der Waals surface area (Å²) >= 11 is 0. The smallest absolute Gasteiger partial charge is 0.387 e. The molecule has 1 fully saturated rings. The molecule has 0 radical (unpaired) electrons. The van der Waals surface area contributed by atoms with Crippen molar-refractivity contribution < 1.29 is 18.3 Å². The monoisotopic (exact) mass is 336 g/mol. The van der Waals surface area contributed by atoms with E-state index in [1.54, 1.807) is 12.1 Å². The minimum Gasteiger partial charge on any atom is -0.490 e. The molecule has 1 saturated heterocycles. The average Bonchev–Trinajstić information content (AvgIpc) is 2.41. The fourth-order valence-corrected chi connectivity index (χ4v) is 2.53. The molecule has 0 bridgehead atoms. The van der Waals surface area contributed by atoms with Crippen LogP contribution < -0.4 is 14.8 Å². The zero-order chi connectivity index (χ0) is 15.2. The molecular formula is C15H23ClF2N2O2. The van der Waals surface area contributed by atoms with Gasteiger partial charge in [0.15, 0.2) is 11.5 Å². The maximum Gasteiger partial charge on any atom is 0.387 e. The minimum absolute atomic E-state index is 0. The first kappa shape index (κ1) is 18.9. The van der Waals surface area contributed by atoms with E-state index in [0.29, 0.717) is 18.4 Å². The van der Waals surface area contributed by atoms with Crippen LogP contribution in [0.3, 0.4) is 0 Å². The molecule has 1 heterocycles. The molecule has 1 atom stereocenters. The van der Waals surface area contributed by atoms with Crippen molar-refractivity contribution in [3.63, 3.8) is 0 Å². The number of hydrogen-bond donors (Lipinski definition) is 1. The molecule has 2 rings (SSSR count). The highest BCUT2D eigenvalue weighted by Gasteiger charge is 2.17. The van der Waals surface area contributed by atoms with Gasteiger partial charge in [-0.05, 0) is 31.5 Å². The second-order valence-corrected chi connectivity index (χ2v) is 5.18. The Morgan fingerprint density at radius 3 is 2.77 bits per heavy atom. The Labute approximate surface area is 136 Å². The van der Waals surface area contributed by atoms with E-state index in [2.05, 4.69) is 21.9 Å². The molecule has 22 heavy (non-hydrogen) atoms. The van der Waals surface area contributed by atoms with Crippen LogP contribution in [0.25, 0.3) is 0 Å². The predicted molar refractivity (Wildman–Crippen MR) is 84.2 cm³/mol. The molecule has 1 aliphatic heterocycles. The first-order valence-corrected chi connectivity index (χ1v) is 7.24. The van der Waals surface area contributed by atoms with Crippen molar-refractivity contribution >= 4 is 12.4 Å². The van der Waals surface area contributed by atoms with Crippen LogP contribution in [0.2, 0.25) is 0 Å². The highest BCUT2D eigenvalue weighted by molar-refractivity contribution is 5.85. The topological polar surface area (TPSA) is 33.7 Å². The number of nitrogens with one attached hydrogen (secondary N) is 1. The second kappa shape index (κ2) is 9.12. The molecule has 1 aromatic carbocycles. The molecule has 0 spiro atoms. The van der Waals surface area contributed by atoms with Gasteiger partial charge in [-0.25, -0.2) is 0 Å². The molecule has 7 heteroatoms. The third-order valence-electron chi connectivity index (χ3n) is 3.38. The van der Waals surface area contributed by atoms with Gasteiger partial charge in [0.2, 0.25) is 0 Å². The molecule has 0 amide bonds. The third-order valence-corrected chi connectivity index (χ3v) is 3.38. The van der Waals surface area contributed by atoms with E-state index in [9.17, 15) is 8.78 Å². The minimum atomic E-state index is -2.84. The molecule has 0 aromatic heterocycles. The molecule has 1 aromatic rings. The Morgan fingerprint density at radius 2 is 2.14 bits per heavy atom. The molecule has 0 aliphatic carbocycles. The van der Waals surface area contributed by atoms with Crippen LogP contribution in [0.5, 0.6) is 11.5 Å². The van der Waals surface area contributed by atoms with Gasteiger partial charge < -0.3 is 14.8 Å². The number of rotatable bonds is 6. The molecule has 0 unspecified atom stereocenters. The van der Waals surface area contributed by atoms with Crippen LogP contribution in [0, 0.1) is 0 Å². The summed E-state index contributed by atoms with van der Waals surface area (Å²) in [5, 5.41) is 3.39. The largest absolute Gasteiger partial charge is 0.490 e. The number of ether oxygens (including phenoxy) is 2. The van der Waals surface area contributed by atoms with Gasteiger partial charge in [-0.1, -0.05) is 6.07 Å². The molecule has 0 saturated carbocycles. The fourth-order valence-electron chi connectivity index (χ4n) is 2.53. The van der Waals surface area contributed by atoms with Crippen molar-refractivity contribution in [1.82, 2.24) is 10.2 Å². The summed E-state index contributed by atoms with van der Waals surface area (Å²) in [7, 11) is 0. The van der Waals surface area contributed by atoms with E-state index >= 15 is 0 Å². The standard InChI is InChI=1S/C15H22F2N2O2.ClH/c1-3-20-14-8-12(4-5-13(14)21-15(16)17)10-19-7-6-18-11(2)9-19;/h4-5,8,11,15,18H,3,6-7,9-10H2,1-2H3;1H/t11-;/m1./s1. The van der Waals surface area contributed by atoms with Crippen LogP contribution in [0.15, 0.2) is 18.2 Å². The normalized spacial score (nSPS) is 18.9. The molecular weight excluding hydrogens is 314 g/mol. The average molecular weight is 337 g/mol. The highest BCUT2D eigenvalue weighted by atomic mass is 35.5. The van der Waals surface area contributed by atoms with E-state index in [0.717, 1.165) is 31.7 Å². The van der Waals surface area contributed by atoms with Gasteiger partial charge in [0.1, 0.15) is 0 Å². The second-order valence-electron chi connectivity index (χ2n) is 5.18. The van der Waals surface area contributed by atoms with E-state index in [-0.39, 0.29) is 18.2 Å². The summed E-state index contributed by atoms with van der Waals surface area (Å²) in [4.78, 5) is 2.33. The van der Waals surface area contributed by atoms with Crippen molar-refractivity contribution in [3.8, 4) is 11.5 Å². The van der Waals surface area contributed by atoms with Crippen molar-refractivity contribution in [2.24, 2.45) is 0 Å². The summed E-state index contributed by atoms with van der Waals surface area (Å²) in [5.41, 5.74) is 1.04. The predicted octanol–water partition coefficient (Wildman–Crippen LogP) is 2.90. The number of hydrogen-bond acceptors (Lipinski definition) is 4. The first-order valence-electron chi connectivity index (χ1n) is 7.24. The van der Waals surface area contributed by atoms with Gasteiger partial charge in [0, 0.05) is 32.2 Å². The quantitative estimate of drug-likeness (QED) is 0.866. The van der Waals surface area contributed by atoms with Crippen molar-refractivity contribution in [2.45, 2.75) is 33.0 Å². The van der Waals surface area contributed by atoms with Crippen LogP contribution in [0.4, 0.5) is 8.78 Å². The Morgan fingerprint density at radius 1 is 1.36 bits per heavy atom. The summed E-state index contributed by atoms with van der Waals surface area (Å²) in [6.07, 6.45) is 0.